The van der Waals surface area contributed by atoms with Gasteiger partial charge in [0.25, 0.3) is 0 Å². The lowest BCUT2D eigenvalue weighted by Gasteiger charge is -2.18. The van der Waals surface area contributed by atoms with Gasteiger partial charge < -0.3 is 15.3 Å². The van der Waals surface area contributed by atoms with Gasteiger partial charge in [-0.2, -0.15) is 0 Å². The van der Waals surface area contributed by atoms with Crippen LogP contribution in [0.5, 0.6) is 17.2 Å². The summed E-state index contributed by atoms with van der Waals surface area (Å²) in [6.07, 6.45) is 2.33. The van der Waals surface area contributed by atoms with E-state index in [4.69, 9.17) is 0 Å². The molecule has 2 rings (SSSR count). The fourth-order valence-electron chi connectivity index (χ4n) is 2.85. The molecule has 21 heavy (non-hydrogen) atoms. The van der Waals surface area contributed by atoms with Gasteiger partial charge in [0.2, 0.25) is 0 Å². The van der Waals surface area contributed by atoms with Gasteiger partial charge in [-0.3, -0.25) is 0 Å². The van der Waals surface area contributed by atoms with Crippen molar-refractivity contribution >= 4 is 0 Å². The number of rotatable bonds is 4. The van der Waals surface area contributed by atoms with Crippen molar-refractivity contribution in [3.05, 3.63) is 41.0 Å². The summed E-state index contributed by atoms with van der Waals surface area (Å²) in [5.74, 6) is -0.144. The number of para-hydroxylation sites is 1. The first-order chi connectivity index (χ1) is 10.0. The molecule has 0 unspecified atom stereocenters. The zero-order valence-electron chi connectivity index (χ0n) is 12.8. The highest BCUT2D eigenvalue weighted by molar-refractivity contribution is 5.82. The van der Waals surface area contributed by atoms with Crippen molar-refractivity contribution in [3.63, 3.8) is 0 Å². The number of aryl methyl sites for hydroxylation is 2. The number of hydrogen-bond donors (Lipinski definition) is 3. The van der Waals surface area contributed by atoms with E-state index < -0.39 is 0 Å². The third kappa shape index (κ3) is 2.56. The van der Waals surface area contributed by atoms with E-state index in [0.29, 0.717) is 11.1 Å². The number of phenols is 3. The molecule has 3 N–H and O–H groups in total. The molecule has 0 fully saturated rings. The molecule has 0 saturated carbocycles. The smallest absolute Gasteiger partial charge is 0.165 e. The van der Waals surface area contributed by atoms with Gasteiger partial charge in [-0.15, -0.1) is 0 Å². The maximum Gasteiger partial charge on any atom is 0.165 e. The van der Waals surface area contributed by atoms with E-state index in [0.717, 1.165) is 36.0 Å². The van der Waals surface area contributed by atoms with Crippen molar-refractivity contribution in [1.29, 1.82) is 0 Å². The molecule has 0 saturated heterocycles. The first-order valence-corrected chi connectivity index (χ1v) is 7.42. The fourth-order valence-corrected chi connectivity index (χ4v) is 2.85. The molecule has 0 aliphatic heterocycles. The standard InChI is InChI=1S/C18H22O3/c1-4-11-10-12(5-2)16(18(21)13(11)6-3)14-8-7-9-15(19)17(14)20/h7-10,19-21H,4-6H2,1-3H3. The summed E-state index contributed by atoms with van der Waals surface area (Å²) in [5.41, 5.74) is 4.12. The highest BCUT2D eigenvalue weighted by atomic mass is 16.3. The Morgan fingerprint density at radius 1 is 0.810 bits per heavy atom. The molecule has 3 heteroatoms. The van der Waals surface area contributed by atoms with Crippen LogP contribution in [-0.2, 0) is 19.3 Å². The lowest BCUT2D eigenvalue weighted by Crippen LogP contribution is -1.99. The minimum Gasteiger partial charge on any atom is -0.507 e. The molecule has 0 amide bonds. The summed E-state index contributed by atoms with van der Waals surface area (Å²) in [5, 5.41) is 30.5. The van der Waals surface area contributed by atoms with E-state index in [1.54, 1.807) is 12.1 Å². The van der Waals surface area contributed by atoms with Crippen LogP contribution >= 0.6 is 0 Å². The third-order valence-electron chi connectivity index (χ3n) is 3.98. The Bertz CT molecular complexity index is 660. The van der Waals surface area contributed by atoms with Crippen molar-refractivity contribution < 1.29 is 15.3 Å². The van der Waals surface area contributed by atoms with E-state index in [1.165, 1.54) is 6.07 Å². The monoisotopic (exact) mass is 286 g/mol. The minimum absolute atomic E-state index is 0.174. The Balaban J connectivity index is 2.81. The van der Waals surface area contributed by atoms with Crippen molar-refractivity contribution in [2.75, 3.05) is 0 Å². The Kier molecular flexibility index (Phi) is 4.41. The fraction of sp³-hybridized carbons (Fsp3) is 0.333. The maximum atomic E-state index is 10.7. The Labute approximate surface area is 125 Å². The van der Waals surface area contributed by atoms with Crippen LogP contribution in [-0.4, -0.2) is 15.3 Å². The molecule has 0 aliphatic carbocycles. The molecule has 0 radical (unpaired) electrons. The normalized spacial score (nSPS) is 10.8. The summed E-state index contributed by atoms with van der Waals surface area (Å²) >= 11 is 0. The maximum absolute atomic E-state index is 10.7. The number of aromatic hydroxyl groups is 3. The van der Waals surface area contributed by atoms with Gasteiger partial charge >= 0.3 is 0 Å². The topological polar surface area (TPSA) is 60.7 Å². The van der Waals surface area contributed by atoms with Crippen LogP contribution in [0.2, 0.25) is 0 Å². The summed E-state index contributed by atoms with van der Waals surface area (Å²) in [7, 11) is 0. The molecule has 0 aliphatic rings. The van der Waals surface area contributed by atoms with Crippen molar-refractivity contribution in [1.82, 2.24) is 0 Å². The van der Waals surface area contributed by atoms with Crippen molar-refractivity contribution in [3.8, 4) is 28.4 Å². The molecule has 112 valence electrons. The van der Waals surface area contributed by atoms with Gasteiger partial charge in [0.15, 0.2) is 11.5 Å². The SMILES string of the molecule is CCc1cc(CC)c(-c2cccc(O)c2O)c(O)c1CC. The second-order valence-electron chi connectivity index (χ2n) is 5.13. The van der Waals surface area contributed by atoms with Gasteiger partial charge in [0.05, 0.1) is 0 Å². The number of benzene rings is 2. The minimum atomic E-state index is -0.186. The Hall–Kier alpha value is -2.16. The quantitative estimate of drug-likeness (QED) is 0.740. The van der Waals surface area contributed by atoms with Crippen LogP contribution in [0.15, 0.2) is 24.3 Å². The lowest BCUT2D eigenvalue weighted by molar-refractivity contribution is 0.404. The van der Waals surface area contributed by atoms with Crippen LogP contribution in [0.25, 0.3) is 11.1 Å². The van der Waals surface area contributed by atoms with Crippen molar-refractivity contribution in [2.24, 2.45) is 0 Å². The number of phenolic OH excluding ortho intramolecular Hbond substituents is 3. The summed E-state index contributed by atoms with van der Waals surface area (Å²) < 4.78 is 0. The van der Waals surface area contributed by atoms with Crippen LogP contribution in [0, 0.1) is 0 Å². The summed E-state index contributed by atoms with van der Waals surface area (Å²) in [4.78, 5) is 0. The predicted molar refractivity (Wildman–Crippen MR) is 85.0 cm³/mol. The summed E-state index contributed by atoms with van der Waals surface area (Å²) in [6, 6.07) is 6.91. The van der Waals surface area contributed by atoms with Gasteiger partial charge in [0, 0.05) is 11.1 Å². The zero-order chi connectivity index (χ0) is 15.6. The summed E-state index contributed by atoms with van der Waals surface area (Å²) in [6.45, 7) is 6.09. The molecular formula is C18H22O3. The van der Waals surface area contributed by atoms with Gasteiger partial charge in [-0.1, -0.05) is 39.0 Å². The highest BCUT2D eigenvalue weighted by Crippen LogP contribution is 2.44. The third-order valence-corrected chi connectivity index (χ3v) is 3.98. The molecule has 0 atom stereocenters. The van der Waals surface area contributed by atoms with Crippen LogP contribution in [0.4, 0.5) is 0 Å². The molecule has 2 aromatic rings. The van der Waals surface area contributed by atoms with E-state index in [9.17, 15) is 15.3 Å². The van der Waals surface area contributed by atoms with Crippen LogP contribution in [0.3, 0.4) is 0 Å². The van der Waals surface area contributed by atoms with Crippen molar-refractivity contribution in [2.45, 2.75) is 40.0 Å². The molecule has 3 nitrogen and oxygen atoms in total. The van der Waals surface area contributed by atoms with Gasteiger partial charge in [0.1, 0.15) is 5.75 Å². The average Bonchev–Trinajstić information content (AvgIpc) is 2.49. The molecular weight excluding hydrogens is 264 g/mol. The molecule has 0 bridgehead atoms. The Morgan fingerprint density at radius 2 is 1.48 bits per heavy atom. The highest BCUT2D eigenvalue weighted by Gasteiger charge is 2.19. The van der Waals surface area contributed by atoms with E-state index >= 15 is 0 Å². The van der Waals surface area contributed by atoms with E-state index in [-0.39, 0.29) is 17.2 Å². The Morgan fingerprint density at radius 3 is 2.05 bits per heavy atom. The molecule has 2 aromatic carbocycles. The molecule has 0 spiro atoms. The predicted octanol–water partition coefficient (Wildman–Crippen LogP) is 4.16. The van der Waals surface area contributed by atoms with Gasteiger partial charge in [-0.05, 0) is 42.0 Å². The second-order valence-corrected chi connectivity index (χ2v) is 5.13. The van der Waals surface area contributed by atoms with E-state index in [1.807, 2.05) is 13.8 Å². The number of hydrogen-bond acceptors (Lipinski definition) is 3. The zero-order valence-corrected chi connectivity index (χ0v) is 12.8. The van der Waals surface area contributed by atoms with Crippen LogP contribution < -0.4 is 0 Å². The second kappa shape index (κ2) is 6.08. The largest absolute Gasteiger partial charge is 0.507 e. The van der Waals surface area contributed by atoms with Gasteiger partial charge in [-0.25, -0.2) is 0 Å². The van der Waals surface area contributed by atoms with Crippen LogP contribution in [0.1, 0.15) is 37.5 Å². The molecule has 0 heterocycles. The lowest BCUT2D eigenvalue weighted by atomic mass is 9.89. The average molecular weight is 286 g/mol. The molecule has 0 aromatic heterocycles. The van der Waals surface area contributed by atoms with E-state index in [2.05, 4.69) is 13.0 Å². The first kappa shape index (κ1) is 15.2. The first-order valence-electron chi connectivity index (χ1n) is 7.42.